The Morgan fingerprint density at radius 1 is 1.03 bits per heavy atom. The highest BCUT2D eigenvalue weighted by molar-refractivity contribution is 5.91. The largest absolute Gasteiger partial charge is 0.378 e. The number of morpholine rings is 1. The lowest BCUT2D eigenvalue weighted by Crippen LogP contribution is -2.37. The van der Waals surface area contributed by atoms with Crippen LogP contribution in [0, 0.1) is 0 Å². The van der Waals surface area contributed by atoms with Gasteiger partial charge in [-0.25, -0.2) is 4.79 Å². The molecule has 29 heavy (non-hydrogen) atoms. The van der Waals surface area contributed by atoms with Gasteiger partial charge in [-0.05, 0) is 30.3 Å². The lowest BCUT2D eigenvalue weighted by Gasteiger charge is -2.28. The van der Waals surface area contributed by atoms with Crippen LogP contribution in [0.5, 0.6) is 0 Å². The van der Waals surface area contributed by atoms with Gasteiger partial charge in [0.05, 0.1) is 18.7 Å². The normalized spacial score (nSPS) is 14.3. The van der Waals surface area contributed by atoms with E-state index in [0.29, 0.717) is 29.9 Å². The molecule has 1 aliphatic heterocycles. The number of rotatable bonds is 4. The number of aromatic nitrogens is 3. The zero-order chi connectivity index (χ0) is 20.5. The summed E-state index contributed by atoms with van der Waals surface area (Å²) >= 11 is 0. The van der Waals surface area contributed by atoms with Crippen molar-refractivity contribution in [3.63, 3.8) is 0 Å². The first-order valence-corrected chi connectivity index (χ1v) is 9.43. The van der Waals surface area contributed by atoms with Crippen LogP contribution < -0.4 is 21.5 Å². The first kappa shape index (κ1) is 19.0. The molecule has 1 aromatic carbocycles. The Hall–Kier alpha value is -3.33. The fourth-order valence-corrected chi connectivity index (χ4v) is 3.60. The van der Waals surface area contributed by atoms with E-state index in [9.17, 15) is 14.4 Å². The summed E-state index contributed by atoms with van der Waals surface area (Å²) in [5, 5.41) is 2.85. The van der Waals surface area contributed by atoms with Gasteiger partial charge in [-0.15, -0.1) is 0 Å². The standard InChI is InChI=1S/C20H23N5O4/c1-22-16-7-8-25(18(16)19(27)23(2)20(22)28)13-17(26)21-14-3-5-15(6-4-14)24-9-11-29-12-10-24/h3-8H,9-13H2,1-2H3,(H,21,26). The maximum Gasteiger partial charge on any atom is 0.331 e. The Balaban J connectivity index is 1.50. The molecule has 0 spiro atoms. The fourth-order valence-electron chi connectivity index (χ4n) is 3.60. The molecule has 3 heterocycles. The second-order valence-corrected chi connectivity index (χ2v) is 7.08. The molecule has 0 unspecified atom stereocenters. The third-order valence-electron chi connectivity index (χ3n) is 5.23. The van der Waals surface area contributed by atoms with Gasteiger partial charge in [0.2, 0.25) is 5.91 Å². The first-order chi connectivity index (χ1) is 14.0. The average Bonchev–Trinajstić information content (AvgIpc) is 3.15. The van der Waals surface area contributed by atoms with Gasteiger partial charge < -0.3 is 19.5 Å². The topological polar surface area (TPSA) is 90.5 Å². The quantitative estimate of drug-likeness (QED) is 0.693. The molecule has 0 atom stereocenters. The van der Waals surface area contributed by atoms with E-state index in [0.717, 1.165) is 23.3 Å². The summed E-state index contributed by atoms with van der Waals surface area (Å²) in [5.41, 5.74) is 1.78. The van der Waals surface area contributed by atoms with E-state index in [4.69, 9.17) is 4.74 Å². The highest BCUT2D eigenvalue weighted by Crippen LogP contribution is 2.19. The van der Waals surface area contributed by atoms with Gasteiger partial charge in [-0.3, -0.25) is 18.7 Å². The van der Waals surface area contributed by atoms with E-state index in [1.54, 1.807) is 23.9 Å². The predicted octanol–water partition coefficient (Wildman–Crippen LogP) is 0.514. The number of ether oxygens (including phenoxy) is 1. The summed E-state index contributed by atoms with van der Waals surface area (Å²) in [7, 11) is 3.03. The zero-order valence-corrected chi connectivity index (χ0v) is 16.4. The molecule has 0 radical (unpaired) electrons. The molecule has 9 nitrogen and oxygen atoms in total. The number of benzene rings is 1. The molecule has 3 aromatic rings. The van der Waals surface area contributed by atoms with Crippen molar-refractivity contribution in [2.24, 2.45) is 14.1 Å². The maximum absolute atomic E-state index is 12.5. The molecule has 0 aliphatic carbocycles. The highest BCUT2D eigenvalue weighted by Gasteiger charge is 2.15. The van der Waals surface area contributed by atoms with Gasteiger partial charge in [-0.2, -0.15) is 0 Å². The van der Waals surface area contributed by atoms with Crippen molar-refractivity contribution in [2.45, 2.75) is 6.54 Å². The summed E-state index contributed by atoms with van der Waals surface area (Å²) in [6.45, 7) is 3.11. The summed E-state index contributed by atoms with van der Waals surface area (Å²) in [5.74, 6) is -0.252. The number of fused-ring (bicyclic) bond motifs is 1. The number of amides is 1. The molecule has 9 heteroatoms. The number of nitrogens with zero attached hydrogens (tertiary/aromatic N) is 4. The number of hydrogen-bond acceptors (Lipinski definition) is 5. The van der Waals surface area contributed by atoms with E-state index < -0.39 is 11.2 Å². The highest BCUT2D eigenvalue weighted by atomic mass is 16.5. The fraction of sp³-hybridized carbons (Fsp3) is 0.350. The Morgan fingerprint density at radius 3 is 2.41 bits per heavy atom. The van der Waals surface area contributed by atoms with Gasteiger partial charge >= 0.3 is 5.69 Å². The SMILES string of the molecule is Cn1c(=O)c2c(ccn2CC(=O)Nc2ccc(N3CCOCC3)cc2)n(C)c1=O. The van der Waals surface area contributed by atoms with Crippen molar-refractivity contribution in [1.29, 1.82) is 0 Å². The summed E-state index contributed by atoms with van der Waals surface area (Å²) in [4.78, 5) is 39.3. The Labute approximate surface area is 166 Å². The van der Waals surface area contributed by atoms with Crippen LogP contribution >= 0.6 is 0 Å². The zero-order valence-electron chi connectivity index (χ0n) is 16.4. The average molecular weight is 397 g/mol. The Bertz CT molecular complexity index is 1170. The molecule has 1 aliphatic rings. The molecular formula is C20H23N5O4. The maximum atomic E-state index is 12.5. The van der Waals surface area contributed by atoms with Crippen LogP contribution in [0.2, 0.25) is 0 Å². The second-order valence-electron chi connectivity index (χ2n) is 7.08. The van der Waals surface area contributed by atoms with Crippen LogP contribution in [0.3, 0.4) is 0 Å². The predicted molar refractivity (Wildman–Crippen MR) is 111 cm³/mol. The van der Waals surface area contributed by atoms with Gasteiger partial charge in [0.25, 0.3) is 5.56 Å². The van der Waals surface area contributed by atoms with E-state index in [1.807, 2.05) is 24.3 Å². The first-order valence-electron chi connectivity index (χ1n) is 9.43. The number of aryl methyl sites for hydroxylation is 1. The van der Waals surface area contributed by atoms with Crippen LogP contribution in [0.4, 0.5) is 11.4 Å². The molecule has 1 saturated heterocycles. The third-order valence-corrected chi connectivity index (χ3v) is 5.23. The minimum absolute atomic E-state index is 0.0256. The molecule has 0 bridgehead atoms. The van der Waals surface area contributed by atoms with Crippen LogP contribution in [-0.4, -0.2) is 45.9 Å². The van der Waals surface area contributed by atoms with Crippen molar-refractivity contribution in [2.75, 3.05) is 36.5 Å². The molecule has 4 rings (SSSR count). The lowest BCUT2D eigenvalue weighted by molar-refractivity contribution is -0.116. The van der Waals surface area contributed by atoms with Crippen LogP contribution in [-0.2, 0) is 30.2 Å². The summed E-state index contributed by atoms with van der Waals surface area (Å²) < 4.78 is 9.37. The molecular weight excluding hydrogens is 374 g/mol. The number of carbonyl (C=O) groups excluding carboxylic acids is 1. The van der Waals surface area contributed by atoms with Crippen molar-refractivity contribution in [1.82, 2.24) is 13.7 Å². The van der Waals surface area contributed by atoms with Crippen molar-refractivity contribution >= 4 is 28.3 Å². The van der Waals surface area contributed by atoms with E-state index in [-0.39, 0.29) is 12.5 Å². The smallest absolute Gasteiger partial charge is 0.331 e. The molecule has 1 amide bonds. The molecule has 2 aromatic heterocycles. The van der Waals surface area contributed by atoms with Crippen LogP contribution in [0.1, 0.15) is 0 Å². The molecule has 0 saturated carbocycles. The third kappa shape index (κ3) is 3.56. The van der Waals surface area contributed by atoms with Crippen LogP contribution in [0.15, 0.2) is 46.1 Å². The Kier molecular flexibility index (Phi) is 4.98. The van der Waals surface area contributed by atoms with E-state index >= 15 is 0 Å². The number of nitrogens with one attached hydrogen (secondary N) is 1. The summed E-state index contributed by atoms with van der Waals surface area (Å²) in [6.07, 6.45) is 1.65. The van der Waals surface area contributed by atoms with E-state index in [2.05, 4.69) is 10.2 Å². The monoisotopic (exact) mass is 397 g/mol. The summed E-state index contributed by atoms with van der Waals surface area (Å²) in [6, 6.07) is 9.33. The van der Waals surface area contributed by atoms with E-state index in [1.165, 1.54) is 11.6 Å². The minimum atomic E-state index is -0.421. The van der Waals surface area contributed by atoms with Crippen LogP contribution in [0.25, 0.3) is 11.0 Å². The van der Waals surface area contributed by atoms with Crippen molar-refractivity contribution in [3.05, 3.63) is 57.4 Å². The minimum Gasteiger partial charge on any atom is -0.378 e. The van der Waals surface area contributed by atoms with Gasteiger partial charge in [0, 0.05) is 44.8 Å². The molecule has 1 N–H and O–H groups in total. The van der Waals surface area contributed by atoms with Crippen molar-refractivity contribution < 1.29 is 9.53 Å². The number of carbonyl (C=O) groups is 1. The Morgan fingerprint density at radius 2 is 1.72 bits per heavy atom. The van der Waals surface area contributed by atoms with Gasteiger partial charge in [0.1, 0.15) is 12.1 Å². The molecule has 152 valence electrons. The molecule has 1 fully saturated rings. The van der Waals surface area contributed by atoms with Gasteiger partial charge in [-0.1, -0.05) is 0 Å². The lowest BCUT2D eigenvalue weighted by atomic mass is 10.2. The number of anilines is 2. The van der Waals surface area contributed by atoms with Crippen molar-refractivity contribution in [3.8, 4) is 0 Å². The number of hydrogen-bond donors (Lipinski definition) is 1. The second kappa shape index (κ2) is 7.59. The van der Waals surface area contributed by atoms with Gasteiger partial charge in [0.15, 0.2) is 0 Å².